The average Bonchev–Trinajstić information content (AvgIpc) is 2.94. The Hall–Kier alpha value is -2.30. The van der Waals surface area contributed by atoms with E-state index in [1.54, 1.807) is 13.0 Å². The number of carbonyl (C=O) groups excluding carboxylic acids is 2. The number of hydrogen-bond donors (Lipinski definition) is 1. The Morgan fingerprint density at radius 2 is 2.14 bits per heavy atom. The zero-order chi connectivity index (χ0) is 21.4. The lowest BCUT2D eigenvalue weighted by Gasteiger charge is -2.05. The van der Waals surface area contributed by atoms with E-state index in [0.717, 1.165) is 11.3 Å². The number of nitrogens with zero attached hydrogens (tertiary/aromatic N) is 1. The van der Waals surface area contributed by atoms with Gasteiger partial charge in [0, 0.05) is 13.7 Å². The van der Waals surface area contributed by atoms with Crippen molar-refractivity contribution in [2.24, 2.45) is 0 Å². The maximum atomic E-state index is 13.4. The van der Waals surface area contributed by atoms with E-state index in [1.807, 2.05) is 0 Å². The second-order valence-electron chi connectivity index (χ2n) is 5.75. The summed E-state index contributed by atoms with van der Waals surface area (Å²) in [6.45, 7) is 2.23. The number of halogens is 2. The Kier molecular flexibility index (Phi) is 8.74. The number of ether oxygens (including phenoxy) is 2. The second kappa shape index (κ2) is 11.0. The quantitative estimate of drug-likeness (QED) is 0.439. The maximum Gasteiger partial charge on any atom is 0.333 e. The molecule has 0 atom stereocenters. The SMILES string of the molecule is CCOC(=O)/C=c1\s/c(=C/c2ccc(F)c(Br)c2)c(=O)n1CC(=O)NCCOC. The molecule has 0 radical (unpaired) electrons. The predicted molar refractivity (Wildman–Crippen MR) is 111 cm³/mol. The van der Waals surface area contributed by atoms with Crippen molar-refractivity contribution < 1.29 is 23.5 Å². The van der Waals surface area contributed by atoms with Gasteiger partial charge in [-0.3, -0.25) is 14.2 Å². The normalized spacial score (nSPS) is 12.3. The highest BCUT2D eigenvalue weighted by Crippen LogP contribution is 2.17. The molecular formula is C19H20BrFN2O5S. The van der Waals surface area contributed by atoms with Gasteiger partial charge in [-0.05, 0) is 46.6 Å². The van der Waals surface area contributed by atoms with Gasteiger partial charge in [0.2, 0.25) is 5.91 Å². The Bertz CT molecular complexity index is 1060. The van der Waals surface area contributed by atoms with Crippen molar-refractivity contribution in [3.63, 3.8) is 0 Å². The van der Waals surface area contributed by atoms with Crippen LogP contribution < -0.4 is 20.1 Å². The summed E-state index contributed by atoms with van der Waals surface area (Å²) in [5.74, 6) is -1.43. The second-order valence-corrected chi connectivity index (χ2v) is 7.67. The molecule has 0 aliphatic rings. The highest BCUT2D eigenvalue weighted by molar-refractivity contribution is 9.10. The summed E-state index contributed by atoms with van der Waals surface area (Å²) in [6.07, 6.45) is 2.74. The van der Waals surface area contributed by atoms with Crippen LogP contribution in [-0.4, -0.2) is 43.3 Å². The molecule has 10 heteroatoms. The Morgan fingerprint density at radius 1 is 1.38 bits per heavy atom. The smallest absolute Gasteiger partial charge is 0.333 e. The molecule has 0 aliphatic carbocycles. The topological polar surface area (TPSA) is 86.6 Å². The fourth-order valence-electron chi connectivity index (χ4n) is 2.32. The van der Waals surface area contributed by atoms with Crippen molar-refractivity contribution in [3.05, 3.63) is 53.6 Å². The molecule has 0 saturated carbocycles. The van der Waals surface area contributed by atoms with Gasteiger partial charge in [0.1, 0.15) is 17.0 Å². The zero-order valence-corrected chi connectivity index (χ0v) is 18.3. The molecule has 156 valence electrons. The van der Waals surface area contributed by atoms with Crippen LogP contribution in [0.5, 0.6) is 0 Å². The summed E-state index contributed by atoms with van der Waals surface area (Å²) in [6, 6.07) is 4.33. The van der Waals surface area contributed by atoms with E-state index in [2.05, 4.69) is 21.2 Å². The van der Waals surface area contributed by atoms with Gasteiger partial charge in [0.25, 0.3) is 5.56 Å². The molecule has 0 fully saturated rings. The summed E-state index contributed by atoms with van der Waals surface area (Å²) in [5, 5.41) is 2.63. The number of thiazole rings is 1. The van der Waals surface area contributed by atoms with Gasteiger partial charge >= 0.3 is 5.97 Å². The van der Waals surface area contributed by atoms with Crippen molar-refractivity contribution in [1.82, 2.24) is 9.88 Å². The van der Waals surface area contributed by atoms with Gasteiger partial charge in [-0.15, -0.1) is 11.3 Å². The van der Waals surface area contributed by atoms with E-state index < -0.39 is 23.3 Å². The van der Waals surface area contributed by atoms with Gasteiger partial charge in [-0.1, -0.05) is 6.07 Å². The van der Waals surface area contributed by atoms with Crippen LogP contribution >= 0.6 is 27.3 Å². The van der Waals surface area contributed by atoms with Crippen molar-refractivity contribution in [3.8, 4) is 0 Å². The van der Waals surface area contributed by atoms with Gasteiger partial charge in [0.05, 0.1) is 28.3 Å². The van der Waals surface area contributed by atoms with Crippen LogP contribution in [0.2, 0.25) is 0 Å². The van der Waals surface area contributed by atoms with Crippen LogP contribution in [0.3, 0.4) is 0 Å². The number of amides is 1. The largest absolute Gasteiger partial charge is 0.463 e. The minimum atomic E-state index is -0.613. The lowest BCUT2D eigenvalue weighted by Crippen LogP contribution is -2.39. The minimum Gasteiger partial charge on any atom is -0.463 e. The summed E-state index contributed by atoms with van der Waals surface area (Å²) < 4.78 is 25.3. The molecule has 0 spiro atoms. The third kappa shape index (κ3) is 6.62. The fourth-order valence-corrected chi connectivity index (χ4v) is 3.75. The van der Waals surface area contributed by atoms with Crippen LogP contribution in [0, 0.1) is 5.82 Å². The first kappa shape index (κ1) is 23.0. The number of hydrogen-bond acceptors (Lipinski definition) is 6. The van der Waals surface area contributed by atoms with Crippen LogP contribution in [0.25, 0.3) is 12.2 Å². The van der Waals surface area contributed by atoms with Crippen LogP contribution in [0.15, 0.2) is 27.5 Å². The summed E-state index contributed by atoms with van der Waals surface area (Å²) in [7, 11) is 1.51. The number of aromatic nitrogens is 1. The number of carbonyl (C=O) groups is 2. The minimum absolute atomic E-state index is 0.186. The number of esters is 1. The lowest BCUT2D eigenvalue weighted by molar-refractivity contribution is -0.135. The molecule has 1 heterocycles. The Balaban J connectivity index is 2.48. The third-order valence-electron chi connectivity index (χ3n) is 3.64. The van der Waals surface area contributed by atoms with E-state index in [0.29, 0.717) is 23.2 Å². The molecule has 1 aromatic heterocycles. The van der Waals surface area contributed by atoms with E-state index in [9.17, 15) is 18.8 Å². The standard InChI is InChI=1S/C19H20BrFN2O5S/c1-3-28-18(25)10-17-23(11-16(24)22-6-7-27-2)19(26)15(29-17)9-12-4-5-14(21)13(20)8-12/h4-5,8-10H,3,6-7,11H2,1-2H3,(H,22,24)/b15-9+,17-10-. The Labute approximate surface area is 178 Å². The number of benzene rings is 1. The number of methoxy groups -OCH3 is 1. The van der Waals surface area contributed by atoms with Crippen molar-refractivity contribution in [1.29, 1.82) is 0 Å². The van der Waals surface area contributed by atoms with E-state index in [1.165, 1.54) is 36.0 Å². The van der Waals surface area contributed by atoms with Gasteiger partial charge in [-0.25, -0.2) is 9.18 Å². The molecule has 7 nitrogen and oxygen atoms in total. The first-order valence-electron chi connectivity index (χ1n) is 8.66. The first-order valence-corrected chi connectivity index (χ1v) is 10.3. The lowest BCUT2D eigenvalue weighted by atomic mass is 10.2. The average molecular weight is 487 g/mol. The fraction of sp³-hybridized carbons (Fsp3) is 0.316. The summed E-state index contributed by atoms with van der Waals surface area (Å²) in [5.41, 5.74) is 0.156. The van der Waals surface area contributed by atoms with Crippen molar-refractivity contribution >= 4 is 51.3 Å². The maximum absolute atomic E-state index is 13.4. The Morgan fingerprint density at radius 3 is 2.79 bits per heavy atom. The third-order valence-corrected chi connectivity index (χ3v) is 5.30. The molecule has 2 aromatic rings. The van der Waals surface area contributed by atoms with Gasteiger partial charge in [0.15, 0.2) is 0 Å². The van der Waals surface area contributed by atoms with E-state index >= 15 is 0 Å². The van der Waals surface area contributed by atoms with Crippen molar-refractivity contribution in [2.75, 3.05) is 26.9 Å². The molecule has 2 rings (SSSR count). The first-order chi connectivity index (χ1) is 13.8. The highest BCUT2D eigenvalue weighted by Gasteiger charge is 2.11. The molecule has 1 N–H and O–H groups in total. The number of nitrogens with one attached hydrogen (secondary N) is 1. The zero-order valence-electron chi connectivity index (χ0n) is 15.9. The van der Waals surface area contributed by atoms with Gasteiger partial charge < -0.3 is 14.8 Å². The molecule has 0 aliphatic heterocycles. The molecule has 1 amide bonds. The highest BCUT2D eigenvalue weighted by atomic mass is 79.9. The van der Waals surface area contributed by atoms with Crippen LogP contribution in [-0.2, 0) is 25.6 Å². The molecule has 29 heavy (non-hydrogen) atoms. The summed E-state index contributed by atoms with van der Waals surface area (Å²) in [4.78, 5) is 36.8. The molecule has 0 saturated heterocycles. The number of rotatable bonds is 8. The van der Waals surface area contributed by atoms with E-state index in [-0.39, 0.29) is 22.3 Å². The van der Waals surface area contributed by atoms with Gasteiger partial charge in [-0.2, -0.15) is 0 Å². The van der Waals surface area contributed by atoms with E-state index in [4.69, 9.17) is 9.47 Å². The monoisotopic (exact) mass is 486 g/mol. The summed E-state index contributed by atoms with van der Waals surface area (Å²) >= 11 is 4.15. The predicted octanol–water partition coefficient (Wildman–Crippen LogP) is 0.746. The van der Waals surface area contributed by atoms with Crippen molar-refractivity contribution in [2.45, 2.75) is 13.5 Å². The molecule has 1 aromatic carbocycles. The molecule has 0 unspecified atom stereocenters. The molecular weight excluding hydrogens is 467 g/mol. The van der Waals surface area contributed by atoms with Crippen LogP contribution in [0.1, 0.15) is 12.5 Å². The van der Waals surface area contributed by atoms with Crippen LogP contribution in [0.4, 0.5) is 4.39 Å². The molecule has 0 bridgehead atoms.